The summed E-state index contributed by atoms with van der Waals surface area (Å²) in [6.45, 7) is 11.5. The van der Waals surface area contributed by atoms with Crippen LogP contribution in [-0.4, -0.2) is 23.5 Å². The Morgan fingerprint density at radius 2 is 1.96 bits per heavy atom. The zero-order chi connectivity index (χ0) is 18.2. The van der Waals surface area contributed by atoms with Gasteiger partial charge in [0.15, 0.2) is 0 Å². The van der Waals surface area contributed by atoms with Gasteiger partial charge >= 0.3 is 5.97 Å². The van der Waals surface area contributed by atoms with Gasteiger partial charge in [0, 0.05) is 17.2 Å². The molecular weight excluding hydrogens is 304 g/mol. The second-order valence-electron chi connectivity index (χ2n) is 6.79. The smallest absolute Gasteiger partial charge is 0.333 e. The molecule has 0 unspecified atom stereocenters. The Kier molecular flexibility index (Phi) is 7.62. The molecule has 0 aliphatic carbocycles. The number of anilines is 1. The minimum atomic E-state index is -0.443. The van der Waals surface area contributed by atoms with Crippen LogP contribution in [0, 0.1) is 5.41 Å². The van der Waals surface area contributed by atoms with E-state index >= 15 is 0 Å². The first kappa shape index (κ1) is 19.9. The monoisotopic (exact) mass is 332 g/mol. The third-order valence-electron chi connectivity index (χ3n) is 3.51. The summed E-state index contributed by atoms with van der Waals surface area (Å²) in [5, 5.41) is 2.80. The van der Waals surface area contributed by atoms with Crippen LogP contribution in [0.3, 0.4) is 0 Å². The average molecular weight is 332 g/mol. The molecule has 0 saturated heterocycles. The second kappa shape index (κ2) is 9.21. The van der Waals surface area contributed by atoms with E-state index in [-0.39, 0.29) is 11.9 Å². The van der Waals surface area contributed by atoms with Gasteiger partial charge in [0.05, 0.1) is 6.61 Å². The van der Waals surface area contributed by atoms with Crippen molar-refractivity contribution in [2.45, 2.75) is 53.4 Å². The molecule has 1 aromatic rings. The summed E-state index contributed by atoms with van der Waals surface area (Å²) in [5.41, 5.74) is 1.18. The maximum atomic E-state index is 11.9. The van der Waals surface area contributed by atoms with Gasteiger partial charge in [-0.2, -0.15) is 0 Å². The molecule has 0 aliphatic heterocycles. The van der Waals surface area contributed by atoms with E-state index in [4.69, 9.17) is 4.74 Å². The number of pyridine rings is 1. The number of carbonyl (C=O) groups is 2. The van der Waals surface area contributed by atoms with Crippen molar-refractivity contribution in [3.63, 3.8) is 0 Å². The molecule has 0 bridgehead atoms. The van der Waals surface area contributed by atoms with Gasteiger partial charge in [0.1, 0.15) is 5.82 Å². The molecule has 1 amide bonds. The highest BCUT2D eigenvalue weighted by Crippen LogP contribution is 2.17. The number of carbonyl (C=O) groups excluding carboxylic acids is 2. The fourth-order valence-electron chi connectivity index (χ4n) is 1.95. The third kappa shape index (κ3) is 6.94. The molecule has 1 N–H and O–H groups in total. The first-order valence-corrected chi connectivity index (χ1v) is 8.35. The molecule has 5 heteroatoms. The van der Waals surface area contributed by atoms with E-state index in [1.54, 1.807) is 13.1 Å². The van der Waals surface area contributed by atoms with Gasteiger partial charge in [0.25, 0.3) is 0 Å². The molecule has 0 saturated carbocycles. The molecule has 1 heterocycles. The van der Waals surface area contributed by atoms with Crippen LogP contribution in [-0.2, 0) is 20.7 Å². The fourth-order valence-corrected chi connectivity index (χ4v) is 1.95. The Morgan fingerprint density at radius 1 is 1.25 bits per heavy atom. The number of nitrogens with zero attached hydrogens (tertiary/aromatic N) is 1. The van der Waals surface area contributed by atoms with Crippen molar-refractivity contribution in [1.82, 2.24) is 4.98 Å². The first-order chi connectivity index (χ1) is 11.2. The first-order valence-electron chi connectivity index (χ1n) is 8.35. The number of hydrogen-bond donors (Lipinski definition) is 1. The van der Waals surface area contributed by atoms with Crippen LogP contribution in [0.1, 0.15) is 52.5 Å². The van der Waals surface area contributed by atoms with Gasteiger partial charge in [-0.25, -0.2) is 9.78 Å². The van der Waals surface area contributed by atoms with Crippen LogP contribution in [0.25, 0.3) is 0 Å². The Balaban J connectivity index is 2.36. The molecule has 0 aliphatic rings. The molecule has 0 spiro atoms. The SMILES string of the molecule is C=C(CCCCc1ccc(NC(=O)C(C)(C)C)nc1)C(=O)OCC. The minimum absolute atomic E-state index is 0.0553. The van der Waals surface area contributed by atoms with E-state index in [9.17, 15) is 9.59 Å². The zero-order valence-corrected chi connectivity index (χ0v) is 15.1. The van der Waals surface area contributed by atoms with Crippen LogP contribution < -0.4 is 5.32 Å². The van der Waals surface area contributed by atoms with Gasteiger partial charge in [-0.05, 0) is 44.2 Å². The molecule has 1 rings (SSSR count). The lowest BCUT2D eigenvalue weighted by atomic mass is 9.96. The number of aromatic nitrogens is 1. The van der Waals surface area contributed by atoms with Crippen molar-refractivity contribution in [2.24, 2.45) is 5.41 Å². The summed E-state index contributed by atoms with van der Waals surface area (Å²) in [6.07, 6.45) is 5.11. The van der Waals surface area contributed by atoms with Crippen molar-refractivity contribution in [2.75, 3.05) is 11.9 Å². The van der Waals surface area contributed by atoms with E-state index in [0.29, 0.717) is 24.4 Å². The van der Waals surface area contributed by atoms with E-state index < -0.39 is 5.41 Å². The molecule has 0 aromatic carbocycles. The van der Waals surface area contributed by atoms with Crippen LogP contribution in [0.2, 0.25) is 0 Å². The molecule has 0 radical (unpaired) electrons. The lowest BCUT2D eigenvalue weighted by molar-refractivity contribution is -0.138. The summed E-state index contributed by atoms with van der Waals surface area (Å²) in [6, 6.07) is 3.78. The van der Waals surface area contributed by atoms with Crippen LogP contribution >= 0.6 is 0 Å². The summed E-state index contributed by atoms with van der Waals surface area (Å²) in [4.78, 5) is 27.6. The summed E-state index contributed by atoms with van der Waals surface area (Å²) in [7, 11) is 0. The van der Waals surface area contributed by atoms with Crippen molar-refractivity contribution >= 4 is 17.7 Å². The van der Waals surface area contributed by atoms with Gasteiger partial charge in [-0.1, -0.05) is 33.4 Å². The highest BCUT2D eigenvalue weighted by Gasteiger charge is 2.21. The summed E-state index contributed by atoms with van der Waals surface area (Å²) >= 11 is 0. The zero-order valence-electron chi connectivity index (χ0n) is 15.1. The van der Waals surface area contributed by atoms with E-state index in [2.05, 4.69) is 16.9 Å². The Morgan fingerprint density at radius 3 is 2.50 bits per heavy atom. The number of hydrogen-bond acceptors (Lipinski definition) is 4. The number of aryl methyl sites for hydroxylation is 1. The fraction of sp³-hybridized carbons (Fsp3) is 0.526. The quantitative estimate of drug-likeness (QED) is 0.445. The minimum Gasteiger partial charge on any atom is -0.463 e. The van der Waals surface area contributed by atoms with Gasteiger partial charge in [-0.15, -0.1) is 0 Å². The number of unbranched alkanes of at least 4 members (excludes halogenated alkanes) is 1. The lowest BCUT2D eigenvalue weighted by Gasteiger charge is -2.17. The summed E-state index contributed by atoms with van der Waals surface area (Å²) in [5.74, 6) is 0.202. The molecule has 132 valence electrons. The molecule has 24 heavy (non-hydrogen) atoms. The average Bonchev–Trinajstić information content (AvgIpc) is 2.52. The third-order valence-corrected chi connectivity index (χ3v) is 3.51. The number of esters is 1. The largest absolute Gasteiger partial charge is 0.463 e. The normalized spacial score (nSPS) is 11.0. The maximum Gasteiger partial charge on any atom is 0.333 e. The van der Waals surface area contributed by atoms with Gasteiger partial charge < -0.3 is 10.1 Å². The maximum absolute atomic E-state index is 11.9. The van der Waals surface area contributed by atoms with E-state index in [1.165, 1.54) is 0 Å². The topological polar surface area (TPSA) is 68.3 Å². The Hall–Kier alpha value is -2.17. The van der Waals surface area contributed by atoms with E-state index in [0.717, 1.165) is 24.8 Å². The Labute approximate surface area is 144 Å². The second-order valence-corrected chi connectivity index (χ2v) is 6.79. The van der Waals surface area contributed by atoms with Crippen molar-refractivity contribution in [1.29, 1.82) is 0 Å². The molecule has 0 fully saturated rings. The van der Waals surface area contributed by atoms with E-state index in [1.807, 2.05) is 32.9 Å². The molecule has 0 atom stereocenters. The molecule has 1 aromatic heterocycles. The molecule has 5 nitrogen and oxygen atoms in total. The standard InChI is InChI=1S/C19H28N2O3/c1-6-24-17(22)14(2)9-7-8-10-15-11-12-16(20-13-15)21-18(23)19(3,4)5/h11-13H,2,6-10H2,1,3-5H3,(H,20,21,23). The predicted molar refractivity (Wildman–Crippen MR) is 95.6 cm³/mol. The van der Waals surface area contributed by atoms with Crippen molar-refractivity contribution in [3.05, 3.63) is 36.0 Å². The van der Waals surface area contributed by atoms with Gasteiger partial charge in [-0.3, -0.25) is 4.79 Å². The van der Waals surface area contributed by atoms with Crippen molar-refractivity contribution < 1.29 is 14.3 Å². The number of ether oxygens (including phenoxy) is 1. The van der Waals surface area contributed by atoms with Gasteiger partial charge in [0.2, 0.25) is 5.91 Å². The van der Waals surface area contributed by atoms with Crippen LogP contribution in [0.15, 0.2) is 30.5 Å². The van der Waals surface area contributed by atoms with Crippen LogP contribution in [0.4, 0.5) is 5.82 Å². The predicted octanol–water partition coefficient (Wildman–Crippen LogP) is 3.90. The number of rotatable bonds is 8. The lowest BCUT2D eigenvalue weighted by Crippen LogP contribution is -2.27. The molecular formula is C19H28N2O3. The number of nitrogens with one attached hydrogen (secondary N) is 1. The van der Waals surface area contributed by atoms with Crippen LogP contribution in [0.5, 0.6) is 0 Å². The Bertz CT molecular complexity index is 571. The highest BCUT2D eigenvalue weighted by atomic mass is 16.5. The summed E-state index contributed by atoms with van der Waals surface area (Å²) < 4.78 is 4.90. The highest BCUT2D eigenvalue weighted by molar-refractivity contribution is 5.93. The number of amides is 1. The van der Waals surface area contributed by atoms with Crippen molar-refractivity contribution in [3.8, 4) is 0 Å².